The van der Waals surface area contributed by atoms with Crippen molar-refractivity contribution in [1.82, 2.24) is 4.98 Å². The zero-order valence-electron chi connectivity index (χ0n) is 11.7. The average molecular weight is 345 g/mol. The van der Waals surface area contributed by atoms with Gasteiger partial charge in [0.15, 0.2) is 0 Å². The molecule has 0 amide bonds. The Labute approximate surface area is 135 Å². The van der Waals surface area contributed by atoms with Gasteiger partial charge in [0, 0.05) is 12.6 Å². The number of aromatic nitrogens is 1. The number of nitrogens with zero attached hydrogens (tertiary/aromatic N) is 1. The molecular weight excluding hydrogens is 333 g/mol. The van der Waals surface area contributed by atoms with Gasteiger partial charge in [0.1, 0.15) is 17.2 Å². The first-order chi connectivity index (χ1) is 10.8. The first kappa shape index (κ1) is 15.9. The second kappa shape index (κ2) is 5.58. The van der Waals surface area contributed by atoms with E-state index in [1.54, 1.807) is 18.3 Å². The quantitative estimate of drug-likeness (QED) is 0.904. The first-order valence-electron chi connectivity index (χ1n) is 6.72. The summed E-state index contributed by atoms with van der Waals surface area (Å²) in [5.74, 6) is 0.0767. The lowest BCUT2D eigenvalue weighted by Crippen LogP contribution is -2.43. The van der Waals surface area contributed by atoms with E-state index in [1.165, 1.54) is 12.1 Å². The van der Waals surface area contributed by atoms with Crippen molar-refractivity contribution >= 4 is 11.6 Å². The fourth-order valence-electron chi connectivity index (χ4n) is 2.55. The Morgan fingerprint density at radius 3 is 2.78 bits per heavy atom. The molecule has 0 radical (unpaired) electrons. The zero-order valence-corrected chi connectivity index (χ0v) is 12.5. The van der Waals surface area contributed by atoms with Crippen LogP contribution in [0.2, 0.25) is 5.02 Å². The van der Waals surface area contributed by atoms with Gasteiger partial charge in [0.25, 0.3) is 0 Å². The second-order valence-electron chi connectivity index (χ2n) is 5.11. The number of pyridine rings is 1. The minimum absolute atomic E-state index is 0.173. The second-order valence-corrected chi connectivity index (χ2v) is 5.52. The normalized spacial score (nSPS) is 20.6. The molecule has 23 heavy (non-hydrogen) atoms. The molecular formula is C15H12ClF3N2O2. The van der Waals surface area contributed by atoms with Crippen molar-refractivity contribution in [1.29, 1.82) is 0 Å². The van der Waals surface area contributed by atoms with Crippen LogP contribution in [0.5, 0.6) is 11.5 Å². The summed E-state index contributed by atoms with van der Waals surface area (Å²) >= 11 is 5.91. The third-order valence-electron chi connectivity index (χ3n) is 3.62. The van der Waals surface area contributed by atoms with Crippen molar-refractivity contribution in [2.45, 2.75) is 18.3 Å². The molecule has 8 heteroatoms. The third-order valence-corrected chi connectivity index (χ3v) is 3.92. The highest BCUT2D eigenvalue weighted by Crippen LogP contribution is 2.41. The van der Waals surface area contributed by atoms with Gasteiger partial charge in [-0.05, 0) is 29.8 Å². The Hall–Kier alpha value is -1.99. The summed E-state index contributed by atoms with van der Waals surface area (Å²) in [5, 5.41) is -0.173. The van der Waals surface area contributed by atoms with Gasteiger partial charge in [-0.15, -0.1) is 13.2 Å². The van der Waals surface area contributed by atoms with Crippen molar-refractivity contribution in [3.8, 4) is 11.5 Å². The molecule has 0 fully saturated rings. The van der Waals surface area contributed by atoms with Gasteiger partial charge in [0.05, 0.1) is 17.2 Å². The molecule has 2 N–H and O–H groups in total. The predicted octanol–water partition coefficient (Wildman–Crippen LogP) is 3.62. The molecule has 0 bridgehead atoms. The number of alkyl halides is 3. The lowest BCUT2D eigenvalue weighted by atomic mass is 9.82. The van der Waals surface area contributed by atoms with E-state index in [0.717, 1.165) is 6.07 Å². The first-order valence-corrected chi connectivity index (χ1v) is 7.10. The fourth-order valence-corrected chi connectivity index (χ4v) is 2.77. The summed E-state index contributed by atoms with van der Waals surface area (Å²) in [4.78, 5) is 4.26. The van der Waals surface area contributed by atoms with Crippen LogP contribution in [0.25, 0.3) is 0 Å². The Morgan fingerprint density at radius 2 is 2.09 bits per heavy atom. The van der Waals surface area contributed by atoms with E-state index >= 15 is 0 Å². The molecule has 0 saturated carbocycles. The maximum atomic E-state index is 12.3. The number of benzene rings is 1. The largest absolute Gasteiger partial charge is 0.573 e. The molecule has 1 aromatic carbocycles. The molecule has 2 heterocycles. The molecule has 1 atom stereocenters. The Morgan fingerprint density at radius 1 is 1.30 bits per heavy atom. The summed E-state index contributed by atoms with van der Waals surface area (Å²) in [7, 11) is 0. The number of hydrogen-bond acceptors (Lipinski definition) is 4. The van der Waals surface area contributed by atoms with Gasteiger partial charge in [-0.2, -0.15) is 0 Å². The van der Waals surface area contributed by atoms with Crippen LogP contribution in [-0.4, -0.2) is 18.0 Å². The lowest BCUT2D eigenvalue weighted by molar-refractivity contribution is -0.274. The van der Waals surface area contributed by atoms with E-state index in [-0.39, 0.29) is 5.02 Å². The van der Waals surface area contributed by atoms with Gasteiger partial charge in [-0.1, -0.05) is 17.7 Å². The number of hydrogen-bond donors (Lipinski definition) is 1. The molecule has 122 valence electrons. The van der Waals surface area contributed by atoms with Crippen LogP contribution in [0.3, 0.4) is 0 Å². The maximum Gasteiger partial charge on any atom is 0.573 e. The van der Waals surface area contributed by atoms with Gasteiger partial charge in [0.2, 0.25) is 0 Å². The highest BCUT2D eigenvalue weighted by atomic mass is 35.5. The monoisotopic (exact) mass is 344 g/mol. The van der Waals surface area contributed by atoms with Crippen LogP contribution >= 0.6 is 11.6 Å². The SMILES string of the molecule is NC1(c2ccc(OC(F)(F)F)c(Cl)c2)CCOc2cccnc21. The summed E-state index contributed by atoms with van der Waals surface area (Å²) in [6.07, 6.45) is -2.80. The van der Waals surface area contributed by atoms with E-state index in [4.69, 9.17) is 22.1 Å². The number of fused-ring (bicyclic) bond motifs is 1. The summed E-state index contributed by atoms with van der Waals surface area (Å²) in [5.41, 5.74) is 6.55. The zero-order chi connectivity index (χ0) is 16.7. The Kier molecular flexibility index (Phi) is 3.85. The number of nitrogens with two attached hydrogens (primary N) is 1. The molecule has 0 aliphatic carbocycles. The predicted molar refractivity (Wildman–Crippen MR) is 77.5 cm³/mol. The summed E-state index contributed by atoms with van der Waals surface area (Å²) in [6.45, 7) is 0.369. The Balaban J connectivity index is 2.01. The maximum absolute atomic E-state index is 12.3. The standard InChI is InChI=1S/C15H12ClF3N2O2/c16-10-8-9(3-4-11(10)23-15(17,18)19)14(20)5-7-22-12-2-1-6-21-13(12)14/h1-4,6,8H,5,7,20H2. The lowest BCUT2D eigenvalue weighted by Gasteiger charge is -2.35. The van der Waals surface area contributed by atoms with Gasteiger partial charge in [-0.25, -0.2) is 0 Å². The summed E-state index contributed by atoms with van der Waals surface area (Å²) in [6, 6.07) is 7.44. The van der Waals surface area contributed by atoms with Gasteiger partial charge >= 0.3 is 6.36 Å². The summed E-state index contributed by atoms with van der Waals surface area (Å²) < 4.78 is 46.3. The van der Waals surface area contributed by atoms with E-state index in [0.29, 0.717) is 30.0 Å². The molecule has 0 saturated heterocycles. The van der Waals surface area contributed by atoms with E-state index in [9.17, 15) is 13.2 Å². The molecule has 0 spiro atoms. The number of rotatable bonds is 2. The van der Waals surface area contributed by atoms with E-state index < -0.39 is 17.7 Å². The number of ether oxygens (including phenoxy) is 2. The van der Waals surface area contributed by atoms with Crippen LogP contribution in [-0.2, 0) is 5.54 Å². The number of halogens is 4. The van der Waals surface area contributed by atoms with Crippen LogP contribution < -0.4 is 15.2 Å². The van der Waals surface area contributed by atoms with Crippen molar-refractivity contribution in [2.24, 2.45) is 5.73 Å². The Bertz CT molecular complexity index is 739. The van der Waals surface area contributed by atoms with Crippen molar-refractivity contribution in [2.75, 3.05) is 6.61 Å². The van der Waals surface area contributed by atoms with Crippen molar-refractivity contribution in [3.05, 3.63) is 52.8 Å². The fraction of sp³-hybridized carbons (Fsp3) is 0.267. The van der Waals surface area contributed by atoms with Crippen LogP contribution in [0.15, 0.2) is 36.5 Å². The van der Waals surface area contributed by atoms with Gasteiger partial charge in [-0.3, -0.25) is 4.98 Å². The molecule has 1 aliphatic rings. The average Bonchev–Trinajstić information content (AvgIpc) is 2.48. The van der Waals surface area contributed by atoms with Gasteiger partial charge < -0.3 is 15.2 Å². The van der Waals surface area contributed by atoms with Crippen molar-refractivity contribution < 1.29 is 22.6 Å². The highest BCUT2D eigenvalue weighted by molar-refractivity contribution is 6.32. The molecule has 1 unspecified atom stereocenters. The van der Waals surface area contributed by atoms with Crippen LogP contribution in [0.1, 0.15) is 17.7 Å². The van der Waals surface area contributed by atoms with Crippen LogP contribution in [0.4, 0.5) is 13.2 Å². The minimum Gasteiger partial charge on any atom is -0.491 e. The van der Waals surface area contributed by atoms with E-state index in [2.05, 4.69) is 9.72 Å². The smallest absolute Gasteiger partial charge is 0.491 e. The van der Waals surface area contributed by atoms with E-state index in [1.807, 2.05) is 0 Å². The molecule has 1 aliphatic heterocycles. The topological polar surface area (TPSA) is 57.4 Å². The molecule has 3 rings (SSSR count). The van der Waals surface area contributed by atoms with Crippen LogP contribution in [0, 0.1) is 0 Å². The van der Waals surface area contributed by atoms with Crippen molar-refractivity contribution in [3.63, 3.8) is 0 Å². The highest BCUT2D eigenvalue weighted by Gasteiger charge is 2.38. The molecule has 4 nitrogen and oxygen atoms in total. The molecule has 1 aromatic heterocycles. The third kappa shape index (κ3) is 3.07. The molecule has 2 aromatic rings. The minimum atomic E-state index is -4.81.